The van der Waals surface area contributed by atoms with Crippen molar-refractivity contribution in [3.8, 4) is 0 Å². The highest BCUT2D eigenvalue weighted by Crippen LogP contribution is 2.22. The van der Waals surface area contributed by atoms with Crippen molar-refractivity contribution in [3.05, 3.63) is 41.5 Å². The van der Waals surface area contributed by atoms with Crippen molar-refractivity contribution in [3.63, 3.8) is 0 Å². The second-order valence-corrected chi connectivity index (χ2v) is 4.11. The maximum atomic E-state index is 7.52. The van der Waals surface area contributed by atoms with Crippen LogP contribution in [-0.2, 0) is 0 Å². The molecule has 2 aromatic rings. The van der Waals surface area contributed by atoms with Crippen molar-refractivity contribution >= 4 is 11.6 Å². The first kappa shape index (κ1) is 10.2. The molecular formula is C13H16N4. The molecule has 0 saturated heterocycles. The first-order valence-corrected chi connectivity index (χ1v) is 5.47. The molecule has 0 aliphatic carbocycles. The predicted octanol–water partition coefficient (Wildman–Crippen LogP) is 2.56. The van der Waals surface area contributed by atoms with E-state index in [9.17, 15) is 0 Å². The SMILES string of the molecule is [3H]c1nc(C)nc(N(C)c2ccc(C)c(C)c2)n1. The van der Waals surface area contributed by atoms with E-state index in [4.69, 9.17) is 1.37 Å². The number of benzene rings is 1. The zero-order valence-corrected chi connectivity index (χ0v) is 10.5. The third-order valence-electron chi connectivity index (χ3n) is 2.80. The molecule has 0 aliphatic rings. The molecule has 1 aromatic carbocycles. The summed E-state index contributed by atoms with van der Waals surface area (Å²) >= 11 is 0. The lowest BCUT2D eigenvalue weighted by Gasteiger charge is -2.18. The van der Waals surface area contributed by atoms with Crippen molar-refractivity contribution in [1.82, 2.24) is 15.0 Å². The Balaban J connectivity index is 2.40. The summed E-state index contributed by atoms with van der Waals surface area (Å²) in [6.07, 6.45) is -0.00631. The molecule has 17 heavy (non-hydrogen) atoms. The van der Waals surface area contributed by atoms with Gasteiger partial charge in [-0.25, -0.2) is 9.97 Å². The highest BCUT2D eigenvalue weighted by atomic mass is 15.2. The molecular weight excluding hydrogens is 212 g/mol. The molecule has 0 saturated carbocycles. The second kappa shape index (κ2) is 4.49. The number of aryl methyl sites for hydroxylation is 3. The van der Waals surface area contributed by atoms with Crippen molar-refractivity contribution in [2.24, 2.45) is 0 Å². The molecule has 0 atom stereocenters. The van der Waals surface area contributed by atoms with Gasteiger partial charge in [0.05, 0.1) is 0 Å². The van der Waals surface area contributed by atoms with Gasteiger partial charge in [-0.05, 0) is 44.0 Å². The van der Waals surface area contributed by atoms with Gasteiger partial charge in [-0.15, -0.1) is 0 Å². The summed E-state index contributed by atoms with van der Waals surface area (Å²) in [7, 11) is 1.89. The fourth-order valence-corrected chi connectivity index (χ4v) is 1.54. The van der Waals surface area contributed by atoms with Crippen LogP contribution in [0.4, 0.5) is 11.6 Å². The maximum absolute atomic E-state index is 7.52. The van der Waals surface area contributed by atoms with Gasteiger partial charge < -0.3 is 4.90 Å². The van der Waals surface area contributed by atoms with Crippen molar-refractivity contribution < 1.29 is 1.37 Å². The molecule has 0 N–H and O–H groups in total. The summed E-state index contributed by atoms with van der Waals surface area (Å²) in [5.41, 5.74) is 3.47. The number of nitrogens with zero attached hydrogens (tertiary/aromatic N) is 4. The highest BCUT2D eigenvalue weighted by molar-refractivity contribution is 5.58. The average molecular weight is 230 g/mol. The average Bonchev–Trinajstić information content (AvgIpc) is 2.30. The molecule has 4 heteroatoms. The first-order valence-electron chi connectivity index (χ1n) is 5.97. The third-order valence-corrected chi connectivity index (χ3v) is 2.80. The topological polar surface area (TPSA) is 41.9 Å². The van der Waals surface area contributed by atoms with E-state index in [0.717, 1.165) is 5.69 Å². The van der Waals surface area contributed by atoms with Crippen LogP contribution in [0.25, 0.3) is 0 Å². The molecule has 0 spiro atoms. The zero-order chi connectivity index (χ0) is 13.3. The monoisotopic (exact) mass is 230 g/mol. The fraction of sp³-hybridized carbons (Fsp3) is 0.308. The van der Waals surface area contributed by atoms with E-state index >= 15 is 0 Å². The minimum Gasteiger partial charge on any atom is -0.314 e. The Morgan fingerprint density at radius 3 is 2.53 bits per heavy atom. The van der Waals surface area contributed by atoms with Crippen LogP contribution in [0.2, 0.25) is 0 Å². The van der Waals surface area contributed by atoms with E-state index in [-0.39, 0.29) is 6.30 Å². The van der Waals surface area contributed by atoms with Gasteiger partial charge >= 0.3 is 0 Å². The first-order chi connectivity index (χ1) is 8.47. The number of hydrogen-bond donors (Lipinski definition) is 0. The molecule has 0 amide bonds. The standard InChI is InChI=1S/C13H16N4/c1-9-5-6-12(7-10(9)2)17(4)13-15-8-14-11(3)16-13/h5-8H,1-4H3/i8T. The van der Waals surface area contributed by atoms with Gasteiger partial charge in [0.1, 0.15) is 13.5 Å². The van der Waals surface area contributed by atoms with E-state index in [0.29, 0.717) is 11.8 Å². The van der Waals surface area contributed by atoms with E-state index in [1.165, 1.54) is 11.1 Å². The molecule has 2 rings (SSSR count). The summed E-state index contributed by atoms with van der Waals surface area (Å²) in [4.78, 5) is 14.0. The zero-order valence-electron chi connectivity index (χ0n) is 11.5. The smallest absolute Gasteiger partial charge is 0.232 e. The van der Waals surface area contributed by atoms with Crippen LogP contribution < -0.4 is 4.90 Å². The van der Waals surface area contributed by atoms with Gasteiger partial charge in [0.2, 0.25) is 5.95 Å². The largest absolute Gasteiger partial charge is 0.314 e. The quantitative estimate of drug-likeness (QED) is 0.795. The Hall–Kier alpha value is -1.97. The van der Waals surface area contributed by atoms with E-state index in [2.05, 4.69) is 40.9 Å². The van der Waals surface area contributed by atoms with Gasteiger partial charge in [-0.3, -0.25) is 0 Å². The van der Waals surface area contributed by atoms with Crippen LogP contribution in [-0.4, -0.2) is 22.0 Å². The Morgan fingerprint density at radius 1 is 1.12 bits per heavy atom. The Labute approximate surface area is 103 Å². The molecule has 88 valence electrons. The number of rotatable bonds is 2. The minimum atomic E-state index is -0.00631. The summed E-state index contributed by atoms with van der Waals surface area (Å²) in [6, 6.07) is 6.17. The summed E-state index contributed by atoms with van der Waals surface area (Å²) < 4.78 is 7.52. The van der Waals surface area contributed by atoms with E-state index in [1.54, 1.807) is 6.92 Å². The Kier molecular flexibility index (Phi) is 2.69. The number of anilines is 2. The van der Waals surface area contributed by atoms with Crippen molar-refractivity contribution in [2.45, 2.75) is 20.8 Å². The molecule has 0 unspecified atom stereocenters. The van der Waals surface area contributed by atoms with Crippen LogP contribution in [0.5, 0.6) is 0 Å². The summed E-state index contributed by atoms with van der Waals surface area (Å²) in [6.45, 7) is 5.91. The molecule has 0 bridgehead atoms. The predicted molar refractivity (Wildman–Crippen MR) is 68.5 cm³/mol. The summed E-state index contributed by atoms with van der Waals surface area (Å²) in [5.74, 6) is 1.05. The van der Waals surface area contributed by atoms with Gasteiger partial charge in [-0.1, -0.05) is 6.07 Å². The lowest BCUT2D eigenvalue weighted by molar-refractivity contribution is 0.936. The second-order valence-electron chi connectivity index (χ2n) is 4.11. The molecule has 1 heterocycles. The highest BCUT2D eigenvalue weighted by Gasteiger charge is 2.07. The van der Waals surface area contributed by atoms with E-state index < -0.39 is 0 Å². The number of hydrogen-bond acceptors (Lipinski definition) is 4. The van der Waals surface area contributed by atoms with Gasteiger partial charge in [0, 0.05) is 12.7 Å². The summed E-state index contributed by atoms with van der Waals surface area (Å²) in [5, 5.41) is 0. The normalized spacial score (nSPS) is 11.2. The Morgan fingerprint density at radius 2 is 1.88 bits per heavy atom. The third kappa shape index (κ3) is 2.41. The lowest BCUT2D eigenvalue weighted by atomic mass is 10.1. The van der Waals surface area contributed by atoms with Crippen LogP contribution in [0.3, 0.4) is 0 Å². The van der Waals surface area contributed by atoms with Crippen molar-refractivity contribution in [1.29, 1.82) is 0 Å². The minimum absolute atomic E-state index is 0.00631. The van der Waals surface area contributed by atoms with E-state index in [1.807, 2.05) is 18.0 Å². The van der Waals surface area contributed by atoms with Crippen LogP contribution in [0.1, 0.15) is 18.3 Å². The molecule has 1 aromatic heterocycles. The molecule has 4 nitrogen and oxygen atoms in total. The lowest BCUT2D eigenvalue weighted by Crippen LogP contribution is -2.14. The molecule has 0 radical (unpaired) electrons. The van der Waals surface area contributed by atoms with Crippen LogP contribution in [0, 0.1) is 20.8 Å². The number of aromatic nitrogens is 3. The van der Waals surface area contributed by atoms with Crippen LogP contribution in [0.15, 0.2) is 24.5 Å². The fourth-order valence-electron chi connectivity index (χ4n) is 1.54. The van der Waals surface area contributed by atoms with Gasteiger partial charge in [0.25, 0.3) is 0 Å². The molecule has 0 aliphatic heterocycles. The maximum Gasteiger partial charge on any atom is 0.232 e. The van der Waals surface area contributed by atoms with Crippen molar-refractivity contribution in [2.75, 3.05) is 11.9 Å². The van der Waals surface area contributed by atoms with Gasteiger partial charge in [0.15, 0.2) is 0 Å². The Bertz CT molecular complexity index is 563. The molecule has 0 fully saturated rings. The van der Waals surface area contributed by atoms with Gasteiger partial charge in [-0.2, -0.15) is 4.98 Å². The van der Waals surface area contributed by atoms with Crippen LogP contribution >= 0.6 is 0 Å².